The summed E-state index contributed by atoms with van der Waals surface area (Å²) in [5.74, 6) is 1.91. The molecule has 4 atom stereocenters. The first kappa shape index (κ1) is 26.5. The molecule has 4 unspecified atom stereocenters. The first-order valence-electron chi connectivity index (χ1n) is 15.1. The minimum atomic E-state index is -0.0601. The highest BCUT2D eigenvalue weighted by molar-refractivity contribution is 5.76. The molecule has 0 radical (unpaired) electrons. The highest BCUT2D eigenvalue weighted by Crippen LogP contribution is 2.40. The Morgan fingerprint density at radius 3 is 2.62 bits per heavy atom. The summed E-state index contributed by atoms with van der Waals surface area (Å²) in [7, 11) is 0. The average molecular weight is 531 g/mol. The van der Waals surface area contributed by atoms with E-state index in [-0.39, 0.29) is 12.1 Å². The lowest BCUT2D eigenvalue weighted by Gasteiger charge is -2.42. The third-order valence-corrected chi connectivity index (χ3v) is 9.54. The molecule has 3 fully saturated rings. The Kier molecular flexibility index (Phi) is 8.26. The van der Waals surface area contributed by atoms with Crippen LogP contribution in [0.3, 0.4) is 0 Å². The molecule has 7 nitrogen and oxygen atoms in total. The number of aromatic nitrogens is 2. The van der Waals surface area contributed by atoms with Crippen molar-refractivity contribution in [2.45, 2.75) is 76.4 Å². The Labute approximate surface area is 231 Å². The number of fused-ring (bicyclic) bond motifs is 1. The van der Waals surface area contributed by atoms with E-state index in [1.165, 1.54) is 49.9 Å². The van der Waals surface area contributed by atoms with E-state index >= 15 is 0 Å². The zero-order valence-corrected chi connectivity index (χ0v) is 23.2. The third kappa shape index (κ3) is 6.04. The second-order valence-corrected chi connectivity index (χ2v) is 11.9. The molecule has 1 aromatic heterocycles. The van der Waals surface area contributed by atoms with Crippen LogP contribution in [0.25, 0.3) is 11.0 Å². The van der Waals surface area contributed by atoms with Gasteiger partial charge < -0.3 is 9.64 Å². The first-order valence-corrected chi connectivity index (χ1v) is 15.1. The van der Waals surface area contributed by atoms with Crippen molar-refractivity contribution in [2.75, 3.05) is 32.7 Å². The van der Waals surface area contributed by atoms with E-state index in [2.05, 4.69) is 62.6 Å². The Hall–Kier alpha value is -2.77. The third-order valence-electron chi connectivity index (χ3n) is 9.54. The van der Waals surface area contributed by atoms with E-state index in [1.54, 1.807) is 0 Å². The quantitative estimate of drug-likeness (QED) is 0.323. The number of piperidine rings is 1. The summed E-state index contributed by atoms with van der Waals surface area (Å²) >= 11 is 0. The molecule has 3 heterocycles. The molecular weight excluding hydrogens is 488 g/mol. The van der Waals surface area contributed by atoms with Gasteiger partial charge in [0.05, 0.1) is 0 Å². The van der Waals surface area contributed by atoms with Gasteiger partial charge in [-0.2, -0.15) is 0 Å². The van der Waals surface area contributed by atoms with Crippen LogP contribution in [0.1, 0.15) is 68.9 Å². The van der Waals surface area contributed by atoms with Crippen molar-refractivity contribution in [2.24, 2.45) is 11.8 Å². The summed E-state index contributed by atoms with van der Waals surface area (Å²) in [6.07, 6.45) is 8.78. The van der Waals surface area contributed by atoms with Crippen LogP contribution in [-0.4, -0.2) is 71.0 Å². The van der Waals surface area contributed by atoms with Gasteiger partial charge in [0.25, 0.3) is 0 Å². The molecule has 3 aromatic rings. The molecule has 39 heavy (non-hydrogen) atoms. The number of hydrogen-bond donors (Lipinski definition) is 0. The molecule has 0 N–H and O–H groups in total. The summed E-state index contributed by atoms with van der Waals surface area (Å²) in [5, 5.41) is 8.08. The minimum Gasteiger partial charge on any atom is -0.461 e. The molecule has 0 spiro atoms. The van der Waals surface area contributed by atoms with Crippen LogP contribution in [0, 0.1) is 11.8 Å². The van der Waals surface area contributed by atoms with Gasteiger partial charge in [-0.25, -0.2) is 4.63 Å². The molecule has 2 aliphatic heterocycles. The lowest BCUT2D eigenvalue weighted by Crippen LogP contribution is -2.51. The van der Waals surface area contributed by atoms with Crippen LogP contribution >= 0.6 is 0 Å². The first-order chi connectivity index (χ1) is 19.2. The van der Waals surface area contributed by atoms with Crippen LogP contribution in [0.15, 0.2) is 53.2 Å². The van der Waals surface area contributed by atoms with Crippen molar-refractivity contribution in [1.82, 2.24) is 20.1 Å². The molecule has 1 saturated carbocycles. The molecule has 208 valence electrons. The fourth-order valence-electron chi connectivity index (χ4n) is 7.13. The van der Waals surface area contributed by atoms with Crippen LogP contribution in [0.4, 0.5) is 0 Å². The number of ether oxygens (including phenoxy) is 1. The lowest BCUT2D eigenvalue weighted by molar-refractivity contribution is -0.159. The molecule has 0 amide bonds. The number of likely N-dealkylation sites (tertiary alicyclic amines) is 2. The largest absolute Gasteiger partial charge is 0.461 e. The van der Waals surface area contributed by atoms with Gasteiger partial charge in [-0.05, 0) is 91.0 Å². The number of nitrogens with zero attached hydrogens (tertiary/aromatic N) is 4. The number of carbonyl (C=O) groups is 1. The van der Waals surface area contributed by atoms with E-state index in [0.29, 0.717) is 24.3 Å². The Morgan fingerprint density at radius 2 is 1.85 bits per heavy atom. The summed E-state index contributed by atoms with van der Waals surface area (Å²) in [6, 6.07) is 17.6. The highest BCUT2D eigenvalue weighted by Gasteiger charge is 2.44. The van der Waals surface area contributed by atoms with Gasteiger partial charge in [0.2, 0.25) is 0 Å². The van der Waals surface area contributed by atoms with Gasteiger partial charge in [0.1, 0.15) is 17.1 Å². The Morgan fingerprint density at radius 1 is 1.00 bits per heavy atom. The van der Waals surface area contributed by atoms with Gasteiger partial charge in [-0.1, -0.05) is 55.8 Å². The number of carbonyl (C=O) groups excluding carboxylic acids is 1. The summed E-state index contributed by atoms with van der Waals surface area (Å²) in [6.45, 7) is 7.62. The van der Waals surface area contributed by atoms with Gasteiger partial charge in [-0.15, -0.1) is 0 Å². The van der Waals surface area contributed by atoms with E-state index in [9.17, 15) is 4.79 Å². The predicted octanol–water partition coefficient (Wildman–Crippen LogP) is 5.46. The number of hydrogen-bond acceptors (Lipinski definition) is 7. The predicted molar refractivity (Wildman–Crippen MR) is 151 cm³/mol. The van der Waals surface area contributed by atoms with E-state index in [1.807, 2.05) is 13.0 Å². The van der Waals surface area contributed by atoms with Gasteiger partial charge in [0.15, 0.2) is 0 Å². The van der Waals surface area contributed by atoms with Crippen LogP contribution in [-0.2, 0) is 16.0 Å². The number of rotatable bonds is 10. The fraction of sp³-hybridized carbons (Fsp3) is 0.594. The fourth-order valence-corrected chi connectivity index (χ4v) is 7.13. The smallest absolute Gasteiger partial charge is 0.305 e. The van der Waals surface area contributed by atoms with Crippen LogP contribution < -0.4 is 0 Å². The topological polar surface area (TPSA) is 71.7 Å². The van der Waals surface area contributed by atoms with Crippen molar-refractivity contribution in [3.05, 3.63) is 59.7 Å². The van der Waals surface area contributed by atoms with Crippen molar-refractivity contribution < 1.29 is 14.2 Å². The molecule has 1 aliphatic carbocycles. The normalized spacial score (nSPS) is 26.6. The number of benzene rings is 2. The van der Waals surface area contributed by atoms with Crippen molar-refractivity contribution in [3.63, 3.8) is 0 Å². The van der Waals surface area contributed by atoms with Crippen molar-refractivity contribution >= 4 is 17.0 Å². The van der Waals surface area contributed by atoms with Crippen LogP contribution in [0.5, 0.6) is 0 Å². The SMILES string of the molecule is CCC(=O)OC1CCC1N1CC(CN2CCC(CCCc3cccc4nonc34)CC2)C(c2ccccc2)C1. The molecule has 3 aliphatic rings. The molecular formula is C32H42N4O3. The molecule has 2 saturated heterocycles. The number of esters is 1. The van der Waals surface area contributed by atoms with Gasteiger partial charge >= 0.3 is 5.97 Å². The summed E-state index contributed by atoms with van der Waals surface area (Å²) < 4.78 is 10.7. The van der Waals surface area contributed by atoms with Crippen LogP contribution in [0.2, 0.25) is 0 Å². The molecule has 2 aromatic carbocycles. The van der Waals surface area contributed by atoms with Gasteiger partial charge in [0, 0.05) is 38.0 Å². The standard InChI is InChI=1S/C32H42N4O3/c1-2-31(37)38-30-15-14-29(30)36-21-26(27(22-36)24-9-4-3-5-10-24)20-35-18-16-23(17-19-35)8-6-11-25-12-7-13-28-32(25)34-39-33-28/h3-5,7,9-10,12-13,23,26-27,29-30H,2,6,8,11,14-22H2,1H3. The van der Waals surface area contributed by atoms with E-state index in [4.69, 9.17) is 9.37 Å². The maximum Gasteiger partial charge on any atom is 0.305 e. The maximum atomic E-state index is 11.9. The number of aryl methyl sites for hydroxylation is 1. The summed E-state index contributed by atoms with van der Waals surface area (Å²) in [5.41, 5.74) is 4.48. The van der Waals surface area contributed by atoms with E-state index < -0.39 is 0 Å². The monoisotopic (exact) mass is 530 g/mol. The average Bonchev–Trinajstić information content (AvgIpc) is 3.60. The highest BCUT2D eigenvalue weighted by atomic mass is 16.6. The Balaban J connectivity index is 1.01. The Bertz CT molecular complexity index is 1220. The van der Waals surface area contributed by atoms with Crippen molar-refractivity contribution in [3.8, 4) is 0 Å². The molecule has 7 heteroatoms. The second-order valence-electron chi connectivity index (χ2n) is 11.9. The van der Waals surface area contributed by atoms with Gasteiger partial charge in [-0.3, -0.25) is 9.69 Å². The zero-order chi connectivity index (χ0) is 26.6. The minimum absolute atomic E-state index is 0.0601. The molecule has 0 bridgehead atoms. The summed E-state index contributed by atoms with van der Waals surface area (Å²) in [4.78, 5) is 17.3. The lowest BCUT2D eigenvalue weighted by atomic mass is 9.86. The zero-order valence-electron chi connectivity index (χ0n) is 23.2. The van der Waals surface area contributed by atoms with E-state index in [0.717, 1.165) is 55.8 Å². The second kappa shape index (κ2) is 12.2. The maximum absolute atomic E-state index is 11.9. The molecule has 6 rings (SSSR count). The van der Waals surface area contributed by atoms with Crippen molar-refractivity contribution in [1.29, 1.82) is 0 Å².